The topological polar surface area (TPSA) is 92.8 Å². The second-order valence-corrected chi connectivity index (χ2v) is 7.63. The zero-order valence-corrected chi connectivity index (χ0v) is 17.2. The number of anilines is 1. The van der Waals surface area contributed by atoms with Crippen LogP contribution in [0.5, 0.6) is 0 Å². The summed E-state index contributed by atoms with van der Waals surface area (Å²) < 4.78 is 10.9. The minimum Gasteiger partial charge on any atom is -0.467 e. The molecule has 7 heteroatoms. The SMILES string of the molecule is CC(=O)c1ccccc1N(C(=O)c1ccco1)C(C(=O)NC1CCCC1)c1ccco1. The fourth-order valence-electron chi connectivity index (χ4n) is 4.04. The third kappa shape index (κ3) is 4.30. The molecule has 3 aromatic rings. The summed E-state index contributed by atoms with van der Waals surface area (Å²) in [5, 5.41) is 3.06. The van der Waals surface area contributed by atoms with E-state index in [2.05, 4.69) is 5.32 Å². The Balaban J connectivity index is 1.83. The monoisotopic (exact) mass is 420 g/mol. The normalized spacial score (nSPS) is 14.9. The summed E-state index contributed by atoms with van der Waals surface area (Å²) in [6.07, 6.45) is 6.75. The van der Waals surface area contributed by atoms with Crippen molar-refractivity contribution in [2.75, 3.05) is 4.90 Å². The molecular formula is C24H24N2O5. The lowest BCUT2D eigenvalue weighted by Gasteiger charge is -2.31. The maximum Gasteiger partial charge on any atom is 0.295 e. The van der Waals surface area contributed by atoms with Crippen molar-refractivity contribution in [1.29, 1.82) is 0 Å². The number of para-hydroxylation sites is 1. The van der Waals surface area contributed by atoms with Gasteiger partial charge in [-0.25, -0.2) is 0 Å². The van der Waals surface area contributed by atoms with Gasteiger partial charge in [-0.2, -0.15) is 0 Å². The Morgan fingerprint density at radius 1 is 0.968 bits per heavy atom. The number of carbonyl (C=O) groups is 3. The highest BCUT2D eigenvalue weighted by atomic mass is 16.3. The highest BCUT2D eigenvalue weighted by molar-refractivity contribution is 6.12. The second kappa shape index (κ2) is 9.04. The molecule has 4 rings (SSSR count). The number of benzene rings is 1. The first-order valence-electron chi connectivity index (χ1n) is 10.4. The number of nitrogens with zero attached hydrogens (tertiary/aromatic N) is 1. The summed E-state index contributed by atoms with van der Waals surface area (Å²) in [5.41, 5.74) is 0.645. The van der Waals surface area contributed by atoms with Gasteiger partial charge in [-0.3, -0.25) is 19.3 Å². The van der Waals surface area contributed by atoms with Gasteiger partial charge < -0.3 is 14.2 Å². The first kappa shape index (κ1) is 20.7. The van der Waals surface area contributed by atoms with Crippen LogP contribution in [0, 0.1) is 0 Å². The van der Waals surface area contributed by atoms with Gasteiger partial charge in [0.05, 0.1) is 18.2 Å². The predicted molar refractivity (Wildman–Crippen MR) is 114 cm³/mol. The summed E-state index contributed by atoms with van der Waals surface area (Å²) in [5.74, 6) is -0.763. The van der Waals surface area contributed by atoms with Crippen molar-refractivity contribution >= 4 is 23.3 Å². The van der Waals surface area contributed by atoms with E-state index in [9.17, 15) is 14.4 Å². The number of hydrogen-bond donors (Lipinski definition) is 1. The summed E-state index contributed by atoms with van der Waals surface area (Å²) in [6.45, 7) is 1.43. The van der Waals surface area contributed by atoms with Crippen LogP contribution in [-0.4, -0.2) is 23.6 Å². The average molecular weight is 420 g/mol. The van der Waals surface area contributed by atoms with Crippen LogP contribution in [0.4, 0.5) is 5.69 Å². The largest absolute Gasteiger partial charge is 0.467 e. The van der Waals surface area contributed by atoms with E-state index < -0.39 is 11.9 Å². The molecule has 1 saturated carbocycles. The number of furan rings is 2. The summed E-state index contributed by atoms with van der Waals surface area (Å²) in [4.78, 5) is 40.7. The predicted octanol–water partition coefficient (Wildman–Crippen LogP) is 4.52. The third-order valence-corrected chi connectivity index (χ3v) is 5.51. The molecule has 1 fully saturated rings. The highest BCUT2D eigenvalue weighted by Crippen LogP contribution is 2.33. The quantitative estimate of drug-likeness (QED) is 0.567. The van der Waals surface area contributed by atoms with Gasteiger partial charge in [0.15, 0.2) is 17.6 Å². The molecule has 1 atom stereocenters. The number of rotatable bonds is 7. The molecule has 1 N–H and O–H groups in total. The van der Waals surface area contributed by atoms with Crippen LogP contribution in [0.3, 0.4) is 0 Å². The molecule has 160 valence electrons. The fourth-order valence-corrected chi connectivity index (χ4v) is 4.04. The molecule has 1 unspecified atom stereocenters. The van der Waals surface area contributed by atoms with Crippen LogP contribution in [0.25, 0.3) is 0 Å². The molecule has 1 aliphatic rings. The second-order valence-electron chi connectivity index (χ2n) is 7.63. The van der Waals surface area contributed by atoms with Crippen molar-refractivity contribution in [2.24, 2.45) is 0 Å². The summed E-state index contributed by atoms with van der Waals surface area (Å²) >= 11 is 0. The Hall–Kier alpha value is -3.61. The smallest absolute Gasteiger partial charge is 0.295 e. The summed E-state index contributed by atoms with van der Waals surface area (Å²) in [7, 11) is 0. The average Bonchev–Trinajstić information content (AvgIpc) is 3.55. The van der Waals surface area contributed by atoms with Crippen LogP contribution in [0.2, 0.25) is 0 Å². The molecule has 31 heavy (non-hydrogen) atoms. The van der Waals surface area contributed by atoms with Crippen LogP contribution in [0.15, 0.2) is 69.9 Å². The zero-order valence-electron chi connectivity index (χ0n) is 17.2. The molecule has 2 amide bonds. The lowest BCUT2D eigenvalue weighted by molar-refractivity contribution is -0.123. The lowest BCUT2D eigenvalue weighted by Crippen LogP contribution is -2.46. The number of amides is 2. The molecule has 2 aromatic heterocycles. The van der Waals surface area contributed by atoms with Crippen molar-refractivity contribution in [1.82, 2.24) is 5.32 Å². The van der Waals surface area contributed by atoms with Crippen LogP contribution in [0.1, 0.15) is 65.3 Å². The maximum absolute atomic E-state index is 13.6. The number of hydrogen-bond acceptors (Lipinski definition) is 5. The third-order valence-electron chi connectivity index (χ3n) is 5.51. The van der Waals surface area contributed by atoms with E-state index in [1.54, 1.807) is 42.5 Å². The van der Waals surface area contributed by atoms with Crippen molar-refractivity contribution in [2.45, 2.75) is 44.7 Å². The van der Waals surface area contributed by atoms with Gasteiger partial charge in [-0.05, 0) is 56.2 Å². The van der Waals surface area contributed by atoms with Crippen LogP contribution >= 0.6 is 0 Å². The molecule has 0 bridgehead atoms. The van der Waals surface area contributed by atoms with E-state index in [4.69, 9.17) is 8.83 Å². The van der Waals surface area contributed by atoms with E-state index in [0.29, 0.717) is 17.0 Å². The van der Waals surface area contributed by atoms with Gasteiger partial charge >= 0.3 is 0 Å². The summed E-state index contributed by atoms with van der Waals surface area (Å²) in [6, 6.07) is 12.1. The van der Waals surface area contributed by atoms with Gasteiger partial charge in [-0.15, -0.1) is 0 Å². The van der Waals surface area contributed by atoms with Gasteiger partial charge in [0.25, 0.3) is 11.8 Å². The fraction of sp³-hybridized carbons (Fsp3) is 0.292. The van der Waals surface area contributed by atoms with E-state index in [1.807, 2.05) is 0 Å². The number of Topliss-reactive ketones (excluding diaryl/α,β-unsaturated/α-hetero) is 1. The van der Waals surface area contributed by atoms with Crippen molar-refractivity contribution in [3.63, 3.8) is 0 Å². The molecule has 2 heterocycles. The molecule has 0 spiro atoms. The Kier molecular flexibility index (Phi) is 6.02. The molecule has 7 nitrogen and oxygen atoms in total. The Morgan fingerprint density at radius 2 is 1.68 bits per heavy atom. The highest BCUT2D eigenvalue weighted by Gasteiger charge is 2.38. The number of carbonyl (C=O) groups excluding carboxylic acids is 3. The zero-order chi connectivity index (χ0) is 21.8. The standard InChI is InChI=1S/C24H24N2O5/c1-16(27)18-10-4-5-11-19(18)26(24(29)21-13-7-15-31-21)22(20-12-6-14-30-20)23(28)25-17-8-2-3-9-17/h4-7,10-15,17,22H,2-3,8-9H2,1H3,(H,25,28). The molecule has 0 radical (unpaired) electrons. The van der Waals surface area contributed by atoms with Gasteiger partial charge in [0.1, 0.15) is 5.76 Å². The first-order valence-corrected chi connectivity index (χ1v) is 10.4. The lowest BCUT2D eigenvalue weighted by atomic mass is 10.0. The van der Waals surface area contributed by atoms with Crippen LogP contribution < -0.4 is 10.2 Å². The number of nitrogens with one attached hydrogen (secondary N) is 1. The Bertz CT molecular complexity index is 1050. The van der Waals surface area contributed by atoms with Gasteiger partial charge in [0.2, 0.25) is 0 Å². The van der Waals surface area contributed by atoms with Crippen molar-refractivity contribution in [3.8, 4) is 0 Å². The molecular weight excluding hydrogens is 396 g/mol. The minimum absolute atomic E-state index is 0.0496. The van der Waals surface area contributed by atoms with E-state index in [0.717, 1.165) is 25.7 Å². The molecule has 0 aliphatic heterocycles. The number of ketones is 1. The van der Waals surface area contributed by atoms with Gasteiger partial charge in [0, 0.05) is 11.6 Å². The van der Waals surface area contributed by atoms with E-state index >= 15 is 0 Å². The maximum atomic E-state index is 13.6. The first-order chi connectivity index (χ1) is 15.1. The Morgan fingerprint density at radius 3 is 2.32 bits per heavy atom. The van der Waals surface area contributed by atoms with Crippen LogP contribution in [-0.2, 0) is 4.79 Å². The molecule has 1 aromatic carbocycles. The molecule has 1 aliphatic carbocycles. The van der Waals surface area contributed by atoms with Crippen molar-refractivity contribution < 1.29 is 23.2 Å². The van der Waals surface area contributed by atoms with E-state index in [1.165, 1.54) is 30.4 Å². The van der Waals surface area contributed by atoms with Crippen molar-refractivity contribution in [3.05, 3.63) is 78.1 Å². The Labute approximate surface area is 180 Å². The van der Waals surface area contributed by atoms with Gasteiger partial charge in [-0.1, -0.05) is 25.0 Å². The minimum atomic E-state index is -1.10. The van der Waals surface area contributed by atoms with E-state index in [-0.39, 0.29) is 23.5 Å². The molecule has 0 saturated heterocycles.